The van der Waals surface area contributed by atoms with Crippen molar-refractivity contribution in [3.05, 3.63) is 12.2 Å². The second-order valence-electron chi connectivity index (χ2n) is 5.97. The number of Topliss-reactive ketones (excluding diaryl/α,β-unsaturated/α-hetero) is 1. The molecular formula is C16H24O7. The molecule has 0 heterocycles. The van der Waals surface area contributed by atoms with Crippen molar-refractivity contribution >= 4 is 17.7 Å². The van der Waals surface area contributed by atoms with Gasteiger partial charge in [0.05, 0.1) is 25.0 Å². The summed E-state index contributed by atoms with van der Waals surface area (Å²) in [5.74, 6) is -2.58. The quantitative estimate of drug-likeness (QED) is 0.439. The van der Waals surface area contributed by atoms with E-state index < -0.39 is 24.1 Å². The molecular weight excluding hydrogens is 304 g/mol. The second-order valence-corrected chi connectivity index (χ2v) is 5.97. The van der Waals surface area contributed by atoms with E-state index in [4.69, 9.17) is 10.2 Å². The average Bonchev–Trinajstić information content (AvgIpc) is 2.72. The third-order valence-electron chi connectivity index (χ3n) is 4.26. The summed E-state index contributed by atoms with van der Waals surface area (Å²) >= 11 is 0. The summed E-state index contributed by atoms with van der Waals surface area (Å²) in [4.78, 5) is 32.5. The number of hydrogen-bond acceptors (Lipinski definition) is 5. The van der Waals surface area contributed by atoms with Gasteiger partial charge < -0.3 is 20.4 Å². The maximum Gasteiger partial charge on any atom is 0.307 e. The number of ketones is 1. The molecule has 4 N–H and O–H groups in total. The summed E-state index contributed by atoms with van der Waals surface area (Å²) < 4.78 is 0. The highest BCUT2D eigenvalue weighted by atomic mass is 16.4. The molecule has 0 aliphatic heterocycles. The van der Waals surface area contributed by atoms with Gasteiger partial charge in [0.25, 0.3) is 0 Å². The van der Waals surface area contributed by atoms with Crippen LogP contribution in [0.25, 0.3) is 0 Å². The molecule has 4 atom stereocenters. The van der Waals surface area contributed by atoms with Gasteiger partial charge in [-0.15, -0.1) is 0 Å². The highest BCUT2D eigenvalue weighted by molar-refractivity contribution is 5.82. The Hall–Kier alpha value is -1.73. The lowest BCUT2D eigenvalue weighted by Gasteiger charge is -2.22. The van der Waals surface area contributed by atoms with Crippen LogP contribution in [0.1, 0.15) is 44.9 Å². The number of hydrogen-bond donors (Lipinski definition) is 4. The molecule has 0 aromatic rings. The Labute approximate surface area is 134 Å². The van der Waals surface area contributed by atoms with Crippen molar-refractivity contribution in [2.45, 2.75) is 57.2 Å². The van der Waals surface area contributed by atoms with Crippen molar-refractivity contribution < 1.29 is 34.8 Å². The third kappa shape index (κ3) is 6.92. The van der Waals surface area contributed by atoms with Gasteiger partial charge in [-0.3, -0.25) is 14.4 Å². The molecule has 23 heavy (non-hydrogen) atoms. The summed E-state index contributed by atoms with van der Waals surface area (Å²) in [7, 11) is 0. The molecule has 130 valence electrons. The number of allylic oxidation sites excluding steroid dienone is 1. The fraction of sp³-hybridized carbons (Fsp3) is 0.688. The molecule has 0 unspecified atom stereocenters. The van der Waals surface area contributed by atoms with Crippen LogP contribution in [-0.2, 0) is 14.4 Å². The maximum absolute atomic E-state index is 11.6. The number of aliphatic hydroxyl groups excluding tert-OH is 2. The van der Waals surface area contributed by atoms with E-state index in [0.717, 1.165) is 0 Å². The summed E-state index contributed by atoms with van der Waals surface area (Å²) in [6.45, 7) is 0. The Morgan fingerprint density at radius 1 is 0.870 bits per heavy atom. The summed E-state index contributed by atoms with van der Waals surface area (Å²) in [6, 6.07) is 0. The highest BCUT2D eigenvalue weighted by Gasteiger charge is 2.40. The molecule has 7 nitrogen and oxygen atoms in total. The lowest BCUT2D eigenvalue weighted by atomic mass is 9.86. The SMILES string of the molecule is O=C(O)C/C=C/C[C@@H]1[C@@H](CCC(=O)CCC(=O)O)[C@H](O)C[C@H]1O. The Morgan fingerprint density at radius 2 is 1.52 bits per heavy atom. The van der Waals surface area contributed by atoms with E-state index in [9.17, 15) is 24.6 Å². The summed E-state index contributed by atoms with van der Waals surface area (Å²) in [5, 5.41) is 37.1. The van der Waals surface area contributed by atoms with E-state index in [1.807, 2.05) is 0 Å². The molecule has 1 aliphatic rings. The number of carbonyl (C=O) groups excluding carboxylic acids is 1. The van der Waals surface area contributed by atoms with Crippen molar-refractivity contribution in [2.24, 2.45) is 11.8 Å². The number of carboxylic acid groups (broad SMARTS) is 2. The van der Waals surface area contributed by atoms with Crippen LogP contribution in [0.4, 0.5) is 0 Å². The van der Waals surface area contributed by atoms with E-state index in [-0.39, 0.29) is 49.7 Å². The van der Waals surface area contributed by atoms with Gasteiger partial charge in [0.15, 0.2) is 0 Å². The van der Waals surface area contributed by atoms with Crippen LogP contribution >= 0.6 is 0 Å². The van der Waals surface area contributed by atoms with E-state index in [0.29, 0.717) is 12.8 Å². The zero-order valence-electron chi connectivity index (χ0n) is 12.9. The Kier molecular flexibility index (Phi) is 7.91. The summed E-state index contributed by atoms with van der Waals surface area (Å²) in [6.07, 6.45) is 2.75. The molecule has 1 rings (SSSR count). The average molecular weight is 328 g/mol. The van der Waals surface area contributed by atoms with Gasteiger partial charge >= 0.3 is 11.9 Å². The van der Waals surface area contributed by atoms with Crippen LogP contribution in [0, 0.1) is 11.8 Å². The maximum atomic E-state index is 11.6. The summed E-state index contributed by atoms with van der Waals surface area (Å²) in [5.41, 5.74) is 0. The van der Waals surface area contributed by atoms with Crippen LogP contribution in [-0.4, -0.2) is 50.4 Å². The number of carboxylic acids is 2. The predicted octanol–water partition coefficient (Wildman–Crippen LogP) is 0.979. The number of carbonyl (C=O) groups is 3. The fourth-order valence-electron chi connectivity index (χ4n) is 3.04. The van der Waals surface area contributed by atoms with Crippen molar-refractivity contribution in [3.63, 3.8) is 0 Å². The van der Waals surface area contributed by atoms with E-state index in [1.165, 1.54) is 6.08 Å². The highest BCUT2D eigenvalue weighted by Crippen LogP contribution is 2.38. The molecule has 1 saturated carbocycles. The molecule has 0 radical (unpaired) electrons. The lowest BCUT2D eigenvalue weighted by Crippen LogP contribution is -2.22. The molecule has 0 saturated heterocycles. The fourth-order valence-corrected chi connectivity index (χ4v) is 3.04. The second kappa shape index (κ2) is 9.42. The molecule has 0 bridgehead atoms. The van der Waals surface area contributed by atoms with E-state index in [2.05, 4.69) is 0 Å². The third-order valence-corrected chi connectivity index (χ3v) is 4.26. The smallest absolute Gasteiger partial charge is 0.307 e. The largest absolute Gasteiger partial charge is 0.481 e. The first kappa shape index (κ1) is 19.3. The van der Waals surface area contributed by atoms with Crippen molar-refractivity contribution in [2.75, 3.05) is 0 Å². The van der Waals surface area contributed by atoms with Gasteiger partial charge in [-0.05, 0) is 31.1 Å². The normalized spacial score (nSPS) is 27.4. The Bertz CT molecular complexity index is 457. The minimum Gasteiger partial charge on any atom is -0.481 e. The van der Waals surface area contributed by atoms with E-state index in [1.54, 1.807) is 6.08 Å². The molecule has 7 heteroatoms. The molecule has 0 aromatic heterocycles. The topological polar surface area (TPSA) is 132 Å². The molecule has 0 spiro atoms. The van der Waals surface area contributed by atoms with E-state index >= 15 is 0 Å². The standard InChI is InChI=1S/C16H24O7/c17-10(6-8-16(22)23)5-7-12-11(13(18)9-14(12)19)3-1-2-4-15(20)21/h1-2,11-14,18-19H,3-9H2,(H,20,21)(H,22,23)/b2-1+/t11-,12-,13-,14-/m1/s1. The first-order chi connectivity index (χ1) is 10.8. The van der Waals surface area contributed by atoms with Gasteiger partial charge in [0.1, 0.15) is 5.78 Å². The number of aliphatic hydroxyl groups is 2. The predicted molar refractivity (Wildman–Crippen MR) is 80.7 cm³/mol. The Morgan fingerprint density at radius 3 is 2.13 bits per heavy atom. The van der Waals surface area contributed by atoms with Gasteiger partial charge in [-0.1, -0.05) is 12.2 Å². The van der Waals surface area contributed by atoms with Gasteiger partial charge in [-0.2, -0.15) is 0 Å². The molecule has 1 aliphatic carbocycles. The minimum atomic E-state index is -1.02. The monoisotopic (exact) mass is 328 g/mol. The van der Waals surface area contributed by atoms with Crippen LogP contribution < -0.4 is 0 Å². The van der Waals surface area contributed by atoms with Gasteiger partial charge in [0, 0.05) is 12.8 Å². The zero-order valence-corrected chi connectivity index (χ0v) is 12.9. The molecule has 0 aromatic carbocycles. The molecule has 0 amide bonds. The number of aliphatic carboxylic acids is 2. The van der Waals surface area contributed by atoms with Crippen LogP contribution in [0.5, 0.6) is 0 Å². The first-order valence-electron chi connectivity index (χ1n) is 7.77. The Balaban J connectivity index is 2.49. The van der Waals surface area contributed by atoms with Crippen molar-refractivity contribution in [1.82, 2.24) is 0 Å². The van der Waals surface area contributed by atoms with Crippen molar-refractivity contribution in [1.29, 1.82) is 0 Å². The first-order valence-corrected chi connectivity index (χ1v) is 7.77. The number of rotatable bonds is 10. The molecule has 1 fully saturated rings. The van der Waals surface area contributed by atoms with Gasteiger partial charge in [-0.25, -0.2) is 0 Å². The van der Waals surface area contributed by atoms with Crippen molar-refractivity contribution in [3.8, 4) is 0 Å². The lowest BCUT2D eigenvalue weighted by molar-refractivity contribution is -0.138. The van der Waals surface area contributed by atoms with Crippen LogP contribution in [0.15, 0.2) is 12.2 Å². The van der Waals surface area contributed by atoms with Gasteiger partial charge in [0.2, 0.25) is 0 Å². The van der Waals surface area contributed by atoms with Crippen LogP contribution in [0.3, 0.4) is 0 Å². The van der Waals surface area contributed by atoms with Crippen LogP contribution in [0.2, 0.25) is 0 Å². The minimum absolute atomic E-state index is 0.0239. The zero-order chi connectivity index (χ0) is 17.4.